The molecule has 3 rings (SSSR count). The second-order valence-electron chi connectivity index (χ2n) is 7.73. The van der Waals surface area contributed by atoms with E-state index in [-0.39, 0.29) is 6.10 Å². The summed E-state index contributed by atoms with van der Waals surface area (Å²) in [7, 11) is 0. The van der Waals surface area contributed by atoms with Gasteiger partial charge in [0.15, 0.2) is 5.96 Å². The van der Waals surface area contributed by atoms with Crippen molar-refractivity contribution in [1.29, 1.82) is 0 Å². The third kappa shape index (κ3) is 5.92. The van der Waals surface area contributed by atoms with Crippen LogP contribution in [0.5, 0.6) is 0 Å². The highest BCUT2D eigenvalue weighted by Crippen LogP contribution is 2.27. The lowest BCUT2D eigenvalue weighted by molar-refractivity contribution is -0.0327. The Morgan fingerprint density at radius 2 is 2.25 bits per heavy atom. The van der Waals surface area contributed by atoms with E-state index in [0.29, 0.717) is 12.1 Å². The van der Waals surface area contributed by atoms with Crippen molar-refractivity contribution in [3.8, 4) is 0 Å². The maximum Gasteiger partial charge on any atom is 0.191 e. The summed E-state index contributed by atoms with van der Waals surface area (Å²) in [6, 6.07) is 5.33. The van der Waals surface area contributed by atoms with Gasteiger partial charge in [0.1, 0.15) is 0 Å². The molecule has 6 nitrogen and oxygen atoms in total. The molecule has 3 heterocycles. The van der Waals surface area contributed by atoms with Crippen molar-refractivity contribution < 1.29 is 4.74 Å². The molecule has 0 saturated carbocycles. The molecule has 158 valence electrons. The van der Waals surface area contributed by atoms with E-state index in [0.717, 1.165) is 51.8 Å². The SMILES string of the molecule is CCNC(=NCC(c1cccs1)N1CCOC(C)C1)NCC1CCCN1CC. The van der Waals surface area contributed by atoms with E-state index in [2.05, 4.69) is 58.7 Å². The van der Waals surface area contributed by atoms with Crippen molar-refractivity contribution in [3.63, 3.8) is 0 Å². The zero-order valence-electron chi connectivity index (χ0n) is 17.7. The van der Waals surface area contributed by atoms with Crippen LogP contribution >= 0.6 is 11.3 Å². The molecule has 2 aliphatic rings. The van der Waals surface area contributed by atoms with E-state index in [1.165, 1.54) is 24.3 Å². The fourth-order valence-corrected chi connectivity index (χ4v) is 5.12. The van der Waals surface area contributed by atoms with Crippen LogP contribution in [0, 0.1) is 0 Å². The monoisotopic (exact) mass is 407 g/mol. The number of thiophene rings is 1. The van der Waals surface area contributed by atoms with Gasteiger partial charge in [-0.2, -0.15) is 0 Å². The van der Waals surface area contributed by atoms with Crippen LogP contribution in [-0.2, 0) is 4.74 Å². The number of morpholine rings is 1. The van der Waals surface area contributed by atoms with Gasteiger partial charge in [0.05, 0.1) is 25.3 Å². The molecule has 0 bridgehead atoms. The normalized spacial score (nSPS) is 25.8. The minimum absolute atomic E-state index is 0.286. The first-order valence-corrected chi connectivity index (χ1v) is 11.7. The number of rotatable bonds is 8. The molecule has 0 spiro atoms. The highest BCUT2D eigenvalue weighted by atomic mass is 32.1. The minimum atomic E-state index is 0.286. The number of guanidine groups is 1. The molecule has 2 saturated heterocycles. The lowest BCUT2D eigenvalue weighted by Gasteiger charge is -2.36. The standard InChI is InChI=1S/C21H37N5OS/c1-4-22-21(23-14-18-8-6-10-25(18)5-2)24-15-19(20-9-7-13-28-20)26-11-12-27-17(3)16-26/h7,9,13,17-19H,4-6,8,10-12,14-16H2,1-3H3,(H2,22,23,24). The number of aliphatic imine (C=N–C) groups is 1. The van der Waals surface area contributed by atoms with Gasteiger partial charge >= 0.3 is 0 Å². The molecule has 0 amide bonds. The maximum absolute atomic E-state index is 5.75. The minimum Gasteiger partial charge on any atom is -0.376 e. The molecule has 3 atom stereocenters. The molecule has 2 N–H and O–H groups in total. The van der Waals surface area contributed by atoms with Crippen LogP contribution in [0.25, 0.3) is 0 Å². The largest absolute Gasteiger partial charge is 0.376 e. The van der Waals surface area contributed by atoms with Crippen molar-refractivity contribution >= 4 is 17.3 Å². The maximum atomic E-state index is 5.75. The topological polar surface area (TPSA) is 52.1 Å². The zero-order valence-corrected chi connectivity index (χ0v) is 18.5. The van der Waals surface area contributed by atoms with E-state index in [1.807, 2.05) is 11.3 Å². The predicted molar refractivity (Wildman–Crippen MR) is 118 cm³/mol. The van der Waals surface area contributed by atoms with E-state index < -0.39 is 0 Å². The third-order valence-corrected chi connectivity index (χ3v) is 6.74. The first-order chi connectivity index (χ1) is 13.7. The molecule has 0 aliphatic carbocycles. The molecule has 1 aromatic rings. The Bertz CT molecular complexity index is 594. The Labute approximate surface area is 174 Å². The second-order valence-corrected chi connectivity index (χ2v) is 8.71. The van der Waals surface area contributed by atoms with Gasteiger partial charge in [0.25, 0.3) is 0 Å². The fourth-order valence-electron chi connectivity index (χ4n) is 4.27. The van der Waals surface area contributed by atoms with Crippen LogP contribution < -0.4 is 10.6 Å². The lowest BCUT2D eigenvalue weighted by Crippen LogP contribution is -2.46. The zero-order chi connectivity index (χ0) is 19.8. The Kier molecular flexibility index (Phi) is 8.58. The first-order valence-electron chi connectivity index (χ1n) is 10.9. The number of likely N-dealkylation sites (tertiary alicyclic amines) is 1. The summed E-state index contributed by atoms with van der Waals surface area (Å²) in [5.74, 6) is 0.938. The van der Waals surface area contributed by atoms with Crippen LogP contribution in [0.2, 0.25) is 0 Å². The average Bonchev–Trinajstić information content (AvgIpc) is 3.38. The summed E-state index contributed by atoms with van der Waals surface area (Å²) in [4.78, 5) is 11.5. The predicted octanol–water partition coefficient (Wildman–Crippen LogP) is 2.55. The molecule has 1 aromatic heterocycles. The quantitative estimate of drug-likeness (QED) is 0.512. The summed E-state index contributed by atoms with van der Waals surface area (Å²) in [5.41, 5.74) is 0. The van der Waals surface area contributed by atoms with Gasteiger partial charge in [-0.15, -0.1) is 11.3 Å². The molecule has 28 heavy (non-hydrogen) atoms. The summed E-state index contributed by atoms with van der Waals surface area (Å²) >= 11 is 1.83. The van der Waals surface area contributed by atoms with Gasteiger partial charge in [0.2, 0.25) is 0 Å². The molecular formula is C21H37N5OS. The van der Waals surface area contributed by atoms with Crippen molar-refractivity contribution in [2.75, 3.05) is 52.4 Å². The summed E-state index contributed by atoms with van der Waals surface area (Å²) in [6.45, 7) is 14.3. The highest BCUT2D eigenvalue weighted by molar-refractivity contribution is 7.10. The Hall–Kier alpha value is -1.15. The van der Waals surface area contributed by atoms with Gasteiger partial charge < -0.3 is 15.4 Å². The van der Waals surface area contributed by atoms with E-state index in [4.69, 9.17) is 9.73 Å². The number of nitrogens with zero attached hydrogens (tertiary/aromatic N) is 3. The second kappa shape index (κ2) is 11.1. The highest BCUT2D eigenvalue weighted by Gasteiger charge is 2.27. The molecule has 2 fully saturated rings. The van der Waals surface area contributed by atoms with Crippen LogP contribution in [0.4, 0.5) is 0 Å². The molecular weight excluding hydrogens is 370 g/mol. The van der Waals surface area contributed by atoms with Crippen molar-refractivity contribution in [1.82, 2.24) is 20.4 Å². The van der Waals surface area contributed by atoms with E-state index in [1.54, 1.807) is 0 Å². The molecule has 7 heteroatoms. The molecule has 2 aliphatic heterocycles. The third-order valence-electron chi connectivity index (χ3n) is 5.76. The van der Waals surface area contributed by atoms with Gasteiger partial charge in [-0.3, -0.25) is 14.8 Å². The van der Waals surface area contributed by atoms with Gasteiger partial charge in [-0.05, 0) is 51.2 Å². The van der Waals surface area contributed by atoms with Crippen LogP contribution in [-0.4, -0.2) is 80.3 Å². The molecule has 0 aromatic carbocycles. The van der Waals surface area contributed by atoms with E-state index >= 15 is 0 Å². The number of nitrogens with one attached hydrogen (secondary N) is 2. The summed E-state index contributed by atoms with van der Waals surface area (Å²) in [5, 5.41) is 9.19. The Morgan fingerprint density at radius 3 is 2.96 bits per heavy atom. The van der Waals surface area contributed by atoms with Crippen LogP contribution in [0.15, 0.2) is 22.5 Å². The summed E-state index contributed by atoms with van der Waals surface area (Å²) in [6.07, 6.45) is 2.88. The number of hydrogen-bond acceptors (Lipinski definition) is 5. The lowest BCUT2D eigenvalue weighted by atomic mass is 10.1. The first kappa shape index (κ1) is 21.6. The average molecular weight is 408 g/mol. The van der Waals surface area contributed by atoms with Gasteiger partial charge in [-0.1, -0.05) is 13.0 Å². The van der Waals surface area contributed by atoms with Crippen molar-refractivity contribution in [2.24, 2.45) is 4.99 Å². The Morgan fingerprint density at radius 1 is 1.36 bits per heavy atom. The molecule has 0 radical (unpaired) electrons. The molecule has 3 unspecified atom stereocenters. The Balaban J connectivity index is 1.64. The summed E-state index contributed by atoms with van der Waals surface area (Å²) < 4.78 is 5.75. The van der Waals surface area contributed by atoms with Gasteiger partial charge in [0, 0.05) is 37.1 Å². The van der Waals surface area contributed by atoms with Crippen LogP contribution in [0.1, 0.15) is 44.5 Å². The fraction of sp³-hybridized carbons (Fsp3) is 0.762. The van der Waals surface area contributed by atoms with Crippen LogP contribution in [0.3, 0.4) is 0 Å². The van der Waals surface area contributed by atoms with Crippen molar-refractivity contribution in [2.45, 2.75) is 51.8 Å². The smallest absolute Gasteiger partial charge is 0.191 e. The van der Waals surface area contributed by atoms with Crippen molar-refractivity contribution in [3.05, 3.63) is 22.4 Å². The number of likely N-dealkylation sites (N-methyl/N-ethyl adjacent to an activating group) is 1. The van der Waals surface area contributed by atoms with E-state index in [9.17, 15) is 0 Å². The van der Waals surface area contributed by atoms with Gasteiger partial charge in [-0.25, -0.2) is 0 Å². The number of ether oxygens (including phenoxy) is 1. The number of hydrogen-bond donors (Lipinski definition) is 2.